The molecule has 0 aromatic carbocycles. The first-order valence-electron chi connectivity index (χ1n) is 22.7. The summed E-state index contributed by atoms with van der Waals surface area (Å²) in [6.45, 7) is 11.6. The van der Waals surface area contributed by atoms with Crippen molar-refractivity contribution in [2.75, 3.05) is 157 Å². The Morgan fingerprint density at radius 3 is 1.19 bits per heavy atom. The van der Waals surface area contributed by atoms with Crippen LogP contribution in [0, 0.1) is 0 Å². The Morgan fingerprint density at radius 2 is 0.836 bits per heavy atom. The highest BCUT2D eigenvalue weighted by molar-refractivity contribution is 8.13. The van der Waals surface area contributed by atoms with E-state index in [2.05, 4.69) is 16.0 Å². The summed E-state index contributed by atoms with van der Waals surface area (Å²) in [5.74, 6) is -4.03. The topological polar surface area (TPSA) is 282 Å². The zero-order valence-electron chi connectivity index (χ0n) is 40.5. The Morgan fingerprint density at radius 1 is 0.478 bits per heavy atom. The molecular formula is C42H76N8O16S. The molecule has 24 nitrogen and oxygen atoms in total. The first-order chi connectivity index (χ1) is 32.0. The van der Waals surface area contributed by atoms with Crippen LogP contribution >= 0.6 is 11.8 Å². The monoisotopic (exact) mass is 981 g/mol. The van der Waals surface area contributed by atoms with E-state index in [0.29, 0.717) is 6.54 Å². The number of hydrogen-bond donors (Lipinski definition) is 4. The number of thioether (sulfide) groups is 1. The van der Waals surface area contributed by atoms with Crippen molar-refractivity contribution in [1.82, 2.24) is 40.4 Å². The number of amides is 4. The first-order valence-corrected chi connectivity index (χ1v) is 23.7. The molecule has 0 heterocycles. The van der Waals surface area contributed by atoms with Gasteiger partial charge in [-0.2, -0.15) is 0 Å². The van der Waals surface area contributed by atoms with Crippen molar-refractivity contribution in [3.63, 3.8) is 0 Å². The fraction of sp³-hybridized carbons (Fsp3) is 0.786. The maximum Gasteiger partial charge on any atom is 0.320 e. The number of esters is 5. The summed E-state index contributed by atoms with van der Waals surface area (Å²) in [4.78, 5) is 121. The largest absolute Gasteiger partial charge is 0.465 e. The molecule has 0 radical (unpaired) electrons. The van der Waals surface area contributed by atoms with Crippen LogP contribution in [-0.4, -0.2) is 245 Å². The quantitative estimate of drug-likeness (QED) is 0.0303. The third-order valence-corrected chi connectivity index (χ3v) is 9.71. The van der Waals surface area contributed by atoms with Gasteiger partial charge in [-0.3, -0.25) is 62.8 Å². The number of aliphatic hydroxyl groups is 1. The van der Waals surface area contributed by atoms with E-state index in [4.69, 9.17) is 28.4 Å². The van der Waals surface area contributed by atoms with Crippen LogP contribution in [0.15, 0.2) is 0 Å². The third-order valence-electron chi connectivity index (χ3n) is 8.89. The zero-order chi connectivity index (χ0) is 50.4. The van der Waals surface area contributed by atoms with Crippen molar-refractivity contribution in [3.05, 3.63) is 0 Å². The van der Waals surface area contributed by atoms with Gasteiger partial charge in [0.15, 0.2) is 6.29 Å². The summed E-state index contributed by atoms with van der Waals surface area (Å²) >= 11 is 0.941. The molecule has 4 N–H and O–H groups in total. The van der Waals surface area contributed by atoms with Crippen LogP contribution in [0.4, 0.5) is 4.79 Å². The summed E-state index contributed by atoms with van der Waals surface area (Å²) in [5, 5.41) is 18.1. The predicted octanol–water partition coefficient (Wildman–Crippen LogP) is -1.72. The van der Waals surface area contributed by atoms with Crippen molar-refractivity contribution in [3.8, 4) is 0 Å². The fourth-order valence-corrected chi connectivity index (χ4v) is 6.69. The maximum absolute atomic E-state index is 13.4. The van der Waals surface area contributed by atoms with Gasteiger partial charge in [-0.25, -0.2) is 0 Å². The molecule has 0 saturated heterocycles. The number of carbonyl (C=O) groups excluding carboxylic acids is 9. The third kappa shape index (κ3) is 33.5. The van der Waals surface area contributed by atoms with Crippen molar-refractivity contribution in [2.45, 2.75) is 61.2 Å². The minimum Gasteiger partial charge on any atom is -0.465 e. The number of hydrogen-bond acceptors (Lipinski definition) is 21. The maximum atomic E-state index is 13.4. The van der Waals surface area contributed by atoms with Gasteiger partial charge in [0.1, 0.15) is 0 Å². The van der Waals surface area contributed by atoms with E-state index < -0.39 is 48.0 Å². The SMILES string of the molecule is CCNC(=O)SCCC(=O)N(CCNC(=O)CN(CCN(CC(=O)OCC)CC(=O)OCC)CC(=O)OCC)CCNC(=O)CN(CCN(CC(=O)OCC)CC(O)OCC)CC(=O)OCC. The fourth-order valence-electron chi connectivity index (χ4n) is 5.98. The lowest BCUT2D eigenvalue weighted by Crippen LogP contribution is -2.48. The molecule has 1 atom stereocenters. The Bertz CT molecular complexity index is 1480. The summed E-state index contributed by atoms with van der Waals surface area (Å²) in [5.41, 5.74) is 0. The number of ether oxygens (including phenoxy) is 6. The molecular weight excluding hydrogens is 905 g/mol. The second-order valence-corrected chi connectivity index (χ2v) is 15.4. The van der Waals surface area contributed by atoms with Gasteiger partial charge in [0, 0.05) is 84.2 Å². The number of carbonyl (C=O) groups is 9. The predicted molar refractivity (Wildman–Crippen MR) is 245 cm³/mol. The zero-order valence-corrected chi connectivity index (χ0v) is 41.3. The van der Waals surface area contributed by atoms with Crippen molar-refractivity contribution >= 4 is 64.6 Å². The van der Waals surface area contributed by atoms with Gasteiger partial charge in [0.05, 0.1) is 78.8 Å². The second-order valence-electron chi connectivity index (χ2n) is 14.3. The summed E-state index contributed by atoms with van der Waals surface area (Å²) in [6.07, 6.45) is -1.23. The van der Waals surface area contributed by atoms with E-state index in [9.17, 15) is 48.3 Å². The highest BCUT2D eigenvalue weighted by atomic mass is 32.2. The number of nitrogens with zero attached hydrogens (tertiary/aromatic N) is 5. The molecule has 0 bridgehead atoms. The molecule has 0 aliphatic carbocycles. The van der Waals surface area contributed by atoms with E-state index in [0.717, 1.165) is 11.8 Å². The number of rotatable bonds is 39. The van der Waals surface area contributed by atoms with Gasteiger partial charge in [-0.1, -0.05) is 11.8 Å². The lowest BCUT2D eigenvalue weighted by atomic mass is 10.3. The van der Waals surface area contributed by atoms with Gasteiger partial charge in [0.25, 0.3) is 5.24 Å². The molecule has 0 aromatic rings. The summed E-state index contributed by atoms with van der Waals surface area (Å²) in [6, 6.07) is 0. The standard InChI is InChI=1S/C42H76N8O16S/c1-8-43-42(60)67-24-15-35(53)50(18-16-44-33(51)25-46(27-36(54)61-9-2)20-22-48(29-38(56)63-11-4)30-39(57)64-12-5)19-17-45-34(52)26-47(28-37(55)62-10-3)21-23-49(31-40(58)65-13-6)32-41(59)66-14-7/h38,56H,8-32H2,1-7H3,(H,43,60)(H,44,51)(H,45,52). The minimum atomic E-state index is -1.20. The van der Waals surface area contributed by atoms with Gasteiger partial charge in [-0.05, 0) is 48.5 Å². The average Bonchev–Trinajstić information content (AvgIpc) is 3.24. The molecule has 0 aliphatic rings. The summed E-state index contributed by atoms with van der Waals surface area (Å²) < 4.78 is 30.5. The smallest absolute Gasteiger partial charge is 0.320 e. The van der Waals surface area contributed by atoms with Crippen LogP contribution in [0.3, 0.4) is 0 Å². The molecule has 25 heteroatoms. The highest BCUT2D eigenvalue weighted by Gasteiger charge is 2.23. The Hall–Kier alpha value is -4.66. The van der Waals surface area contributed by atoms with Crippen molar-refractivity contribution in [1.29, 1.82) is 0 Å². The Balaban J connectivity index is 5.89. The van der Waals surface area contributed by atoms with Gasteiger partial charge in [-0.15, -0.1) is 0 Å². The van der Waals surface area contributed by atoms with Crippen LogP contribution in [0.5, 0.6) is 0 Å². The van der Waals surface area contributed by atoms with E-state index in [1.54, 1.807) is 53.4 Å². The van der Waals surface area contributed by atoms with Gasteiger partial charge >= 0.3 is 29.8 Å². The molecule has 386 valence electrons. The van der Waals surface area contributed by atoms with E-state index >= 15 is 0 Å². The van der Waals surface area contributed by atoms with E-state index in [1.165, 1.54) is 19.6 Å². The number of aliphatic hydroxyl groups excluding tert-OH is 1. The molecule has 0 spiro atoms. The van der Waals surface area contributed by atoms with Crippen LogP contribution in [0.25, 0.3) is 0 Å². The molecule has 1 unspecified atom stereocenters. The van der Waals surface area contributed by atoms with Crippen LogP contribution in [-0.2, 0) is 66.8 Å². The molecule has 0 fully saturated rings. The second kappa shape index (κ2) is 39.3. The molecule has 67 heavy (non-hydrogen) atoms. The Labute approximate surface area is 398 Å². The van der Waals surface area contributed by atoms with E-state index in [1.807, 2.05) is 0 Å². The molecule has 0 rings (SSSR count). The molecule has 0 saturated carbocycles. The van der Waals surface area contributed by atoms with Crippen LogP contribution in [0.2, 0.25) is 0 Å². The average molecular weight is 981 g/mol. The van der Waals surface area contributed by atoms with Gasteiger partial charge < -0.3 is 54.4 Å². The lowest BCUT2D eigenvalue weighted by Gasteiger charge is -2.28. The number of nitrogens with one attached hydrogen (secondary N) is 3. The normalized spacial score (nSPS) is 11.5. The minimum absolute atomic E-state index is 0.00980. The van der Waals surface area contributed by atoms with Crippen molar-refractivity contribution in [2.24, 2.45) is 0 Å². The molecule has 0 aliphatic heterocycles. The Kier molecular flexibility index (Phi) is 36.6. The molecule has 4 amide bonds. The van der Waals surface area contributed by atoms with Crippen LogP contribution < -0.4 is 16.0 Å². The van der Waals surface area contributed by atoms with Gasteiger partial charge in [0.2, 0.25) is 17.7 Å². The molecule has 0 aromatic heterocycles. The van der Waals surface area contributed by atoms with E-state index in [-0.39, 0.29) is 168 Å². The highest BCUT2D eigenvalue weighted by Crippen LogP contribution is 2.07. The summed E-state index contributed by atoms with van der Waals surface area (Å²) in [7, 11) is 0. The van der Waals surface area contributed by atoms with Crippen molar-refractivity contribution < 1.29 is 76.7 Å². The first kappa shape index (κ1) is 62.3. The van der Waals surface area contributed by atoms with Crippen LogP contribution in [0.1, 0.15) is 54.9 Å². The lowest BCUT2D eigenvalue weighted by molar-refractivity contribution is -0.150.